The predicted molar refractivity (Wildman–Crippen MR) is 105 cm³/mol. The lowest BCUT2D eigenvalue weighted by molar-refractivity contribution is -0.125. The van der Waals surface area contributed by atoms with Crippen LogP contribution in [0, 0.1) is 11.8 Å². The van der Waals surface area contributed by atoms with Gasteiger partial charge in [-0.05, 0) is 30.7 Å². The minimum absolute atomic E-state index is 0.113. The molecule has 5 nitrogen and oxygen atoms in total. The SMILES string of the molecule is CC(C)CCNC(=O)C1CCN(c2ncc(-c3ccccc3)cn2)CC1. The Kier molecular flexibility index (Phi) is 6.21. The molecule has 138 valence electrons. The fourth-order valence-corrected chi connectivity index (χ4v) is 3.23. The number of piperidine rings is 1. The first-order chi connectivity index (χ1) is 12.6. The van der Waals surface area contributed by atoms with Gasteiger partial charge < -0.3 is 10.2 Å². The summed E-state index contributed by atoms with van der Waals surface area (Å²) in [6, 6.07) is 10.1. The first-order valence-corrected chi connectivity index (χ1v) is 9.53. The van der Waals surface area contributed by atoms with Gasteiger partial charge in [-0.2, -0.15) is 0 Å². The van der Waals surface area contributed by atoms with Crippen LogP contribution in [-0.4, -0.2) is 35.5 Å². The fourth-order valence-electron chi connectivity index (χ4n) is 3.23. The van der Waals surface area contributed by atoms with E-state index in [0.717, 1.165) is 56.0 Å². The van der Waals surface area contributed by atoms with E-state index in [2.05, 4.69) is 46.2 Å². The Morgan fingerprint density at radius 2 is 1.77 bits per heavy atom. The van der Waals surface area contributed by atoms with Gasteiger partial charge in [0, 0.05) is 43.5 Å². The van der Waals surface area contributed by atoms with E-state index >= 15 is 0 Å². The molecule has 5 heteroatoms. The van der Waals surface area contributed by atoms with Gasteiger partial charge in [-0.25, -0.2) is 9.97 Å². The number of amides is 1. The number of benzene rings is 1. The number of carbonyl (C=O) groups is 1. The Bertz CT molecular complexity index is 692. The lowest BCUT2D eigenvalue weighted by Gasteiger charge is -2.31. The minimum Gasteiger partial charge on any atom is -0.356 e. The molecular formula is C21H28N4O. The van der Waals surface area contributed by atoms with Crippen LogP contribution in [0.1, 0.15) is 33.1 Å². The molecule has 1 fully saturated rings. The summed E-state index contributed by atoms with van der Waals surface area (Å²) in [5, 5.41) is 3.08. The molecular weight excluding hydrogens is 324 g/mol. The quantitative estimate of drug-likeness (QED) is 0.864. The molecule has 1 amide bonds. The number of rotatable bonds is 6. The lowest BCUT2D eigenvalue weighted by atomic mass is 9.96. The van der Waals surface area contributed by atoms with Crippen molar-refractivity contribution in [2.24, 2.45) is 11.8 Å². The van der Waals surface area contributed by atoms with Crippen LogP contribution in [0.25, 0.3) is 11.1 Å². The summed E-state index contributed by atoms with van der Waals surface area (Å²) in [6.45, 7) is 6.78. The van der Waals surface area contributed by atoms with E-state index < -0.39 is 0 Å². The second-order valence-electron chi connectivity index (χ2n) is 7.37. The first kappa shape index (κ1) is 18.4. The van der Waals surface area contributed by atoms with Crippen molar-refractivity contribution in [3.63, 3.8) is 0 Å². The molecule has 0 saturated carbocycles. The van der Waals surface area contributed by atoms with Crippen molar-refractivity contribution in [3.8, 4) is 11.1 Å². The highest BCUT2D eigenvalue weighted by molar-refractivity contribution is 5.78. The highest BCUT2D eigenvalue weighted by Gasteiger charge is 2.25. The first-order valence-electron chi connectivity index (χ1n) is 9.53. The number of nitrogens with zero attached hydrogens (tertiary/aromatic N) is 3. The van der Waals surface area contributed by atoms with E-state index in [4.69, 9.17) is 0 Å². The Balaban J connectivity index is 1.51. The highest BCUT2D eigenvalue weighted by Crippen LogP contribution is 2.23. The van der Waals surface area contributed by atoms with Crippen LogP contribution in [0.4, 0.5) is 5.95 Å². The maximum absolute atomic E-state index is 12.3. The summed E-state index contributed by atoms with van der Waals surface area (Å²) in [7, 11) is 0. The Hall–Kier alpha value is -2.43. The van der Waals surface area contributed by atoms with E-state index in [1.54, 1.807) is 0 Å². The van der Waals surface area contributed by atoms with Crippen LogP contribution in [-0.2, 0) is 4.79 Å². The average Bonchev–Trinajstić information content (AvgIpc) is 2.68. The minimum atomic E-state index is 0.113. The monoisotopic (exact) mass is 352 g/mol. The summed E-state index contributed by atoms with van der Waals surface area (Å²) >= 11 is 0. The van der Waals surface area contributed by atoms with Crippen molar-refractivity contribution in [2.75, 3.05) is 24.5 Å². The summed E-state index contributed by atoms with van der Waals surface area (Å²) in [6.07, 6.45) is 6.51. The van der Waals surface area contributed by atoms with E-state index in [0.29, 0.717) is 5.92 Å². The predicted octanol–water partition coefficient (Wildman–Crippen LogP) is 3.52. The maximum Gasteiger partial charge on any atom is 0.225 e. The number of hydrogen-bond donors (Lipinski definition) is 1. The average molecular weight is 352 g/mol. The van der Waals surface area contributed by atoms with Gasteiger partial charge in [0.1, 0.15) is 0 Å². The zero-order chi connectivity index (χ0) is 18.4. The van der Waals surface area contributed by atoms with Gasteiger partial charge in [0.05, 0.1) is 0 Å². The number of aromatic nitrogens is 2. The molecule has 0 unspecified atom stereocenters. The number of anilines is 1. The second kappa shape index (κ2) is 8.79. The normalized spacial score (nSPS) is 15.3. The van der Waals surface area contributed by atoms with Gasteiger partial charge in [-0.1, -0.05) is 44.2 Å². The Labute approximate surface area is 155 Å². The van der Waals surface area contributed by atoms with Gasteiger partial charge >= 0.3 is 0 Å². The zero-order valence-corrected chi connectivity index (χ0v) is 15.7. The van der Waals surface area contributed by atoms with Gasteiger partial charge in [-0.15, -0.1) is 0 Å². The van der Waals surface area contributed by atoms with Crippen molar-refractivity contribution in [3.05, 3.63) is 42.7 Å². The van der Waals surface area contributed by atoms with Crippen LogP contribution in [0.5, 0.6) is 0 Å². The van der Waals surface area contributed by atoms with Crippen molar-refractivity contribution in [1.82, 2.24) is 15.3 Å². The molecule has 0 spiro atoms. The van der Waals surface area contributed by atoms with E-state index in [1.165, 1.54) is 0 Å². The molecule has 0 bridgehead atoms. The summed E-state index contributed by atoms with van der Waals surface area (Å²) in [4.78, 5) is 23.5. The molecule has 1 N–H and O–H groups in total. The molecule has 1 aromatic heterocycles. The van der Waals surface area contributed by atoms with Crippen molar-refractivity contribution in [2.45, 2.75) is 33.1 Å². The van der Waals surface area contributed by atoms with E-state index in [-0.39, 0.29) is 11.8 Å². The van der Waals surface area contributed by atoms with Gasteiger partial charge in [0.2, 0.25) is 11.9 Å². The van der Waals surface area contributed by atoms with Crippen molar-refractivity contribution < 1.29 is 4.79 Å². The number of hydrogen-bond acceptors (Lipinski definition) is 4. The summed E-state index contributed by atoms with van der Waals surface area (Å²) < 4.78 is 0. The number of nitrogens with one attached hydrogen (secondary N) is 1. The molecule has 1 aliphatic rings. The molecule has 0 radical (unpaired) electrons. The Morgan fingerprint density at radius 1 is 1.12 bits per heavy atom. The molecule has 26 heavy (non-hydrogen) atoms. The molecule has 0 atom stereocenters. The van der Waals surface area contributed by atoms with Crippen LogP contribution in [0.3, 0.4) is 0 Å². The van der Waals surface area contributed by atoms with Crippen LogP contribution < -0.4 is 10.2 Å². The van der Waals surface area contributed by atoms with Crippen LogP contribution in [0.2, 0.25) is 0 Å². The largest absolute Gasteiger partial charge is 0.356 e. The number of carbonyl (C=O) groups excluding carboxylic acids is 1. The zero-order valence-electron chi connectivity index (χ0n) is 15.7. The highest BCUT2D eigenvalue weighted by atomic mass is 16.1. The summed E-state index contributed by atoms with van der Waals surface area (Å²) in [5.41, 5.74) is 2.14. The smallest absolute Gasteiger partial charge is 0.225 e. The van der Waals surface area contributed by atoms with Crippen LogP contribution >= 0.6 is 0 Å². The second-order valence-corrected chi connectivity index (χ2v) is 7.37. The van der Waals surface area contributed by atoms with Gasteiger partial charge in [0.25, 0.3) is 0 Å². The third kappa shape index (κ3) is 4.81. The fraction of sp³-hybridized carbons (Fsp3) is 0.476. The summed E-state index contributed by atoms with van der Waals surface area (Å²) in [5.74, 6) is 1.68. The van der Waals surface area contributed by atoms with E-state index in [9.17, 15) is 4.79 Å². The van der Waals surface area contributed by atoms with Crippen molar-refractivity contribution in [1.29, 1.82) is 0 Å². The Morgan fingerprint density at radius 3 is 2.38 bits per heavy atom. The van der Waals surface area contributed by atoms with Gasteiger partial charge in [0.15, 0.2) is 0 Å². The molecule has 2 aromatic rings. The molecule has 3 rings (SSSR count). The standard InChI is InChI=1S/C21H28N4O/c1-16(2)8-11-22-20(26)18-9-12-25(13-10-18)21-23-14-19(15-24-21)17-6-4-3-5-7-17/h3-7,14-16,18H,8-13H2,1-2H3,(H,22,26). The van der Waals surface area contributed by atoms with Crippen molar-refractivity contribution >= 4 is 11.9 Å². The molecule has 1 saturated heterocycles. The lowest BCUT2D eigenvalue weighted by Crippen LogP contribution is -2.41. The molecule has 0 aliphatic carbocycles. The third-order valence-electron chi connectivity index (χ3n) is 4.91. The van der Waals surface area contributed by atoms with E-state index in [1.807, 2.05) is 30.6 Å². The third-order valence-corrected chi connectivity index (χ3v) is 4.91. The molecule has 2 heterocycles. The maximum atomic E-state index is 12.3. The molecule has 1 aliphatic heterocycles. The topological polar surface area (TPSA) is 58.1 Å². The van der Waals surface area contributed by atoms with Gasteiger partial charge in [-0.3, -0.25) is 4.79 Å². The van der Waals surface area contributed by atoms with Crippen LogP contribution in [0.15, 0.2) is 42.7 Å². The molecule has 1 aromatic carbocycles.